The van der Waals surface area contributed by atoms with Crippen LogP contribution in [0.5, 0.6) is 0 Å². The summed E-state index contributed by atoms with van der Waals surface area (Å²) in [5, 5.41) is 3.05. The topological polar surface area (TPSA) is 44.7 Å². The van der Waals surface area contributed by atoms with Gasteiger partial charge in [0.2, 0.25) is 5.91 Å². The average molecular weight is 273 g/mol. The third kappa shape index (κ3) is 3.00. The van der Waals surface area contributed by atoms with E-state index in [1.807, 2.05) is 25.9 Å². The smallest absolute Gasteiger partial charge is 0.217 e. The molecule has 0 fully saturated rings. The van der Waals surface area contributed by atoms with E-state index < -0.39 is 0 Å². The van der Waals surface area contributed by atoms with E-state index in [9.17, 15) is 4.79 Å². The number of carbonyl (C=O) groups excluding carboxylic acids is 1. The number of amides is 1. The van der Waals surface area contributed by atoms with Crippen LogP contribution in [-0.4, -0.2) is 30.7 Å². The fraction of sp³-hybridized carbons (Fsp3) is 0.500. The molecule has 1 amide bonds. The molecule has 1 aromatic carbocycles. The molecule has 20 heavy (non-hydrogen) atoms. The summed E-state index contributed by atoms with van der Waals surface area (Å²) >= 11 is 0. The third-order valence-electron chi connectivity index (χ3n) is 3.87. The number of nitrogens with one attached hydrogen (secondary N) is 1. The van der Waals surface area contributed by atoms with Gasteiger partial charge in [0.05, 0.1) is 11.7 Å². The summed E-state index contributed by atoms with van der Waals surface area (Å²) in [7, 11) is 3.96. The predicted octanol–water partition coefficient (Wildman–Crippen LogP) is 2.67. The Morgan fingerprint density at radius 2 is 2.05 bits per heavy atom. The second kappa shape index (κ2) is 5.65. The first-order valence-corrected chi connectivity index (χ1v) is 7.01. The number of carbonyl (C=O) groups is 1. The standard InChI is InChI=1S/C16H23N3O/c1-10-8-13-6-7-14(17-11(2)19(4)5)9-15(13)16(10)18-12(3)20/h6-7,9-10,16H,8H2,1-5H3,(H,18,20). The zero-order valence-electron chi connectivity index (χ0n) is 12.9. The van der Waals surface area contributed by atoms with Gasteiger partial charge in [-0.2, -0.15) is 0 Å². The van der Waals surface area contributed by atoms with E-state index in [-0.39, 0.29) is 11.9 Å². The lowest BCUT2D eigenvalue weighted by Gasteiger charge is -2.18. The van der Waals surface area contributed by atoms with Crippen molar-refractivity contribution >= 4 is 17.4 Å². The fourth-order valence-corrected chi connectivity index (χ4v) is 2.62. The molecule has 2 rings (SSSR count). The number of nitrogens with zero attached hydrogens (tertiary/aromatic N) is 2. The first-order chi connectivity index (χ1) is 9.38. The van der Waals surface area contributed by atoms with Crippen molar-refractivity contribution in [2.24, 2.45) is 10.9 Å². The van der Waals surface area contributed by atoms with Gasteiger partial charge in [0.25, 0.3) is 0 Å². The van der Waals surface area contributed by atoms with E-state index in [0.29, 0.717) is 5.92 Å². The molecule has 108 valence electrons. The molecule has 0 radical (unpaired) electrons. The highest BCUT2D eigenvalue weighted by atomic mass is 16.1. The second-order valence-corrected chi connectivity index (χ2v) is 5.80. The zero-order chi connectivity index (χ0) is 14.9. The van der Waals surface area contributed by atoms with E-state index in [1.54, 1.807) is 6.92 Å². The summed E-state index contributed by atoms with van der Waals surface area (Å²) in [4.78, 5) is 18.0. The summed E-state index contributed by atoms with van der Waals surface area (Å²) < 4.78 is 0. The minimum atomic E-state index is 0.0214. The van der Waals surface area contributed by atoms with E-state index in [1.165, 1.54) is 11.1 Å². The third-order valence-corrected chi connectivity index (χ3v) is 3.87. The van der Waals surface area contributed by atoms with Crippen molar-refractivity contribution in [3.05, 3.63) is 29.3 Å². The van der Waals surface area contributed by atoms with Crippen molar-refractivity contribution in [2.75, 3.05) is 14.1 Å². The van der Waals surface area contributed by atoms with Crippen LogP contribution < -0.4 is 5.32 Å². The quantitative estimate of drug-likeness (QED) is 0.665. The first-order valence-electron chi connectivity index (χ1n) is 7.01. The fourth-order valence-electron chi connectivity index (χ4n) is 2.62. The van der Waals surface area contributed by atoms with Crippen molar-refractivity contribution in [3.63, 3.8) is 0 Å². The molecule has 0 heterocycles. The van der Waals surface area contributed by atoms with Crippen LogP contribution in [0.3, 0.4) is 0 Å². The highest BCUT2D eigenvalue weighted by Crippen LogP contribution is 2.37. The molecule has 0 bridgehead atoms. The van der Waals surface area contributed by atoms with Crippen molar-refractivity contribution in [1.82, 2.24) is 10.2 Å². The van der Waals surface area contributed by atoms with Crippen LogP contribution in [0.25, 0.3) is 0 Å². The maximum absolute atomic E-state index is 11.4. The normalized spacial score (nSPS) is 21.6. The lowest BCUT2D eigenvalue weighted by atomic mass is 10.0. The number of hydrogen-bond donors (Lipinski definition) is 1. The van der Waals surface area contributed by atoms with Crippen LogP contribution in [0.2, 0.25) is 0 Å². The Morgan fingerprint density at radius 3 is 2.65 bits per heavy atom. The maximum Gasteiger partial charge on any atom is 0.217 e. The van der Waals surface area contributed by atoms with Gasteiger partial charge < -0.3 is 10.2 Å². The SMILES string of the molecule is CC(=O)NC1c2cc(N=C(C)N(C)C)ccc2CC1C. The Labute approximate surface area is 120 Å². The Balaban J connectivity index is 2.33. The summed E-state index contributed by atoms with van der Waals surface area (Å²) in [5.41, 5.74) is 3.47. The molecule has 1 aromatic rings. The van der Waals surface area contributed by atoms with Gasteiger partial charge in [-0.15, -0.1) is 0 Å². The van der Waals surface area contributed by atoms with E-state index in [2.05, 4.69) is 35.4 Å². The summed E-state index contributed by atoms with van der Waals surface area (Å²) in [6.45, 7) is 5.73. The predicted molar refractivity (Wildman–Crippen MR) is 82.3 cm³/mol. The lowest BCUT2D eigenvalue weighted by Crippen LogP contribution is -2.28. The Bertz CT molecular complexity index is 549. The molecule has 4 nitrogen and oxygen atoms in total. The van der Waals surface area contributed by atoms with Gasteiger partial charge in [0.15, 0.2) is 0 Å². The number of amidine groups is 1. The molecule has 2 atom stereocenters. The van der Waals surface area contributed by atoms with Crippen LogP contribution in [-0.2, 0) is 11.2 Å². The number of benzene rings is 1. The van der Waals surface area contributed by atoms with Crippen LogP contribution in [0.1, 0.15) is 37.9 Å². The van der Waals surface area contributed by atoms with Gasteiger partial charge in [-0.1, -0.05) is 13.0 Å². The van der Waals surface area contributed by atoms with Crippen molar-refractivity contribution < 1.29 is 4.79 Å². The van der Waals surface area contributed by atoms with Crippen LogP contribution in [0.4, 0.5) is 5.69 Å². The van der Waals surface area contributed by atoms with Gasteiger partial charge in [-0.05, 0) is 42.5 Å². The van der Waals surface area contributed by atoms with Crippen molar-refractivity contribution in [3.8, 4) is 0 Å². The second-order valence-electron chi connectivity index (χ2n) is 5.80. The molecule has 0 saturated carbocycles. The van der Waals surface area contributed by atoms with Crippen LogP contribution in [0, 0.1) is 5.92 Å². The molecular formula is C16H23N3O. The maximum atomic E-state index is 11.4. The molecule has 0 aliphatic heterocycles. The summed E-state index contributed by atoms with van der Waals surface area (Å²) in [6.07, 6.45) is 1.01. The molecule has 4 heteroatoms. The molecule has 0 aromatic heterocycles. The van der Waals surface area contributed by atoms with Crippen molar-refractivity contribution in [2.45, 2.75) is 33.2 Å². The number of fused-ring (bicyclic) bond motifs is 1. The zero-order valence-corrected chi connectivity index (χ0v) is 12.9. The number of rotatable bonds is 2. The molecule has 1 N–H and O–H groups in total. The average Bonchev–Trinajstić information content (AvgIpc) is 2.65. The number of hydrogen-bond acceptors (Lipinski definition) is 2. The van der Waals surface area contributed by atoms with Crippen molar-refractivity contribution in [1.29, 1.82) is 0 Å². The van der Waals surface area contributed by atoms with Crippen LogP contribution >= 0.6 is 0 Å². The molecule has 2 unspecified atom stereocenters. The summed E-state index contributed by atoms with van der Waals surface area (Å²) in [6, 6.07) is 6.40. The monoisotopic (exact) mass is 273 g/mol. The highest BCUT2D eigenvalue weighted by molar-refractivity contribution is 5.82. The molecular weight excluding hydrogens is 250 g/mol. The first kappa shape index (κ1) is 14.6. The largest absolute Gasteiger partial charge is 0.366 e. The molecule has 1 aliphatic rings. The Kier molecular flexibility index (Phi) is 4.12. The van der Waals surface area contributed by atoms with E-state index >= 15 is 0 Å². The number of aliphatic imine (C=N–C) groups is 1. The van der Waals surface area contributed by atoms with Gasteiger partial charge in [0.1, 0.15) is 5.84 Å². The van der Waals surface area contributed by atoms with Gasteiger partial charge in [-0.25, -0.2) is 4.99 Å². The minimum absolute atomic E-state index is 0.0214. The van der Waals surface area contributed by atoms with E-state index in [4.69, 9.17) is 0 Å². The van der Waals surface area contributed by atoms with Gasteiger partial charge >= 0.3 is 0 Å². The Morgan fingerprint density at radius 1 is 1.35 bits per heavy atom. The summed E-state index contributed by atoms with van der Waals surface area (Å²) in [5.74, 6) is 1.42. The van der Waals surface area contributed by atoms with Crippen LogP contribution in [0.15, 0.2) is 23.2 Å². The lowest BCUT2D eigenvalue weighted by molar-refractivity contribution is -0.120. The molecule has 0 spiro atoms. The molecule has 0 saturated heterocycles. The van der Waals surface area contributed by atoms with Gasteiger partial charge in [-0.3, -0.25) is 4.79 Å². The Hall–Kier alpha value is -1.84. The minimum Gasteiger partial charge on any atom is -0.366 e. The highest BCUT2D eigenvalue weighted by Gasteiger charge is 2.30. The molecule has 1 aliphatic carbocycles. The van der Waals surface area contributed by atoms with E-state index in [0.717, 1.165) is 17.9 Å². The van der Waals surface area contributed by atoms with Gasteiger partial charge in [0, 0.05) is 21.0 Å².